The monoisotopic (exact) mass is 246 g/mol. The van der Waals surface area contributed by atoms with Crippen LogP contribution in [-0.2, 0) is 11.2 Å². The van der Waals surface area contributed by atoms with Crippen LogP contribution in [0.2, 0.25) is 0 Å². The fourth-order valence-electron chi connectivity index (χ4n) is 2.01. The molecule has 0 saturated carbocycles. The normalized spacial score (nSPS) is 22.0. The van der Waals surface area contributed by atoms with Crippen LogP contribution in [0.15, 0.2) is 24.3 Å². The Labute approximate surface area is 97.0 Å². The molecule has 0 saturated heterocycles. The zero-order valence-electron chi connectivity index (χ0n) is 9.07. The van der Waals surface area contributed by atoms with Crippen molar-refractivity contribution in [2.45, 2.75) is 31.2 Å². The van der Waals surface area contributed by atoms with E-state index in [1.807, 2.05) is 12.1 Å². The second-order valence-electron chi connectivity index (χ2n) is 4.10. The van der Waals surface area contributed by atoms with E-state index in [2.05, 4.69) is 0 Å². The van der Waals surface area contributed by atoms with Crippen molar-refractivity contribution in [3.8, 4) is 0 Å². The summed E-state index contributed by atoms with van der Waals surface area (Å²) < 4.78 is 42.1. The van der Waals surface area contributed by atoms with Crippen molar-refractivity contribution in [2.75, 3.05) is 6.61 Å². The number of aliphatic hydroxyl groups is 1. The summed E-state index contributed by atoms with van der Waals surface area (Å²) >= 11 is 0. The van der Waals surface area contributed by atoms with Crippen molar-refractivity contribution in [3.63, 3.8) is 0 Å². The third-order valence-corrected chi connectivity index (χ3v) is 2.91. The lowest BCUT2D eigenvalue weighted by molar-refractivity contribution is -0.213. The lowest BCUT2D eigenvalue weighted by Crippen LogP contribution is -2.32. The minimum Gasteiger partial charge on any atom is -0.384 e. The first-order valence-electron chi connectivity index (χ1n) is 5.42. The van der Waals surface area contributed by atoms with Crippen LogP contribution in [0.1, 0.15) is 23.7 Å². The molecule has 1 unspecified atom stereocenters. The van der Waals surface area contributed by atoms with Gasteiger partial charge in [-0.3, -0.25) is 0 Å². The van der Waals surface area contributed by atoms with Crippen molar-refractivity contribution in [1.82, 2.24) is 0 Å². The number of benzene rings is 1. The number of fused-ring (bicyclic) bond motifs is 1. The predicted octanol–water partition coefficient (Wildman–Crippen LogP) is 2.61. The molecule has 1 aliphatic heterocycles. The first kappa shape index (κ1) is 12.4. The number of rotatable bonds is 2. The van der Waals surface area contributed by atoms with E-state index in [4.69, 9.17) is 9.84 Å². The molecule has 17 heavy (non-hydrogen) atoms. The Hall–Kier alpha value is -1.07. The van der Waals surface area contributed by atoms with E-state index >= 15 is 0 Å². The molecule has 0 fully saturated rings. The van der Waals surface area contributed by atoms with Crippen molar-refractivity contribution in [3.05, 3.63) is 35.4 Å². The van der Waals surface area contributed by atoms with Crippen molar-refractivity contribution >= 4 is 0 Å². The smallest absolute Gasteiger partial charge is 0.384 e. The van der Waals surface area contributed by atoms with Crippen LogP contribution < -0.4 is 0 Å². The van der Waals surface area contributed by atoms with E-state index in [-0.39, 0.29) is 0 Å². The fraction of sp³-hybridized carbons (Fsp3) is 0.500. The largest absolute Gasteiger partial charge is 0.414 e. The van der Waals surface area contributed by atoms with Crippen molar-refractivity contribution in [2.24, 2.45) is 0 Å². The van der Waals surface area contributed by atoms with Crippen LogP contribution >= 0.6 is 0 Å². The van der Waals surface area contributed by atoms with Crippen LogP contribution in [0.4, 0.5) is 13.2 Å². The van der Waals surface area contributed by atoms with Gasteiger partial charge in [-0.2, -0.15) is 13.2 Å². The Morgan fingerprint density at radius 3 is 2.76 bits per heavy atom. The maximum atomic E-state index is 12.3. The third kappa shape index (κ3) is 2.79. The summed E-state index contributed by atoms with van der Waals surface area (Å²) in [5.41, 5.74) is 1.75. The summed E-state index contributed by atoms with van der Waals surface area (Å²) in [5, 5.41) is 9.06. The van der Waals surface area contributed by atoms with Gasteiger partial charge < -0.3 is 9.84 Å². The van der Waals surface area contributed by atoms with Gasteiger partial charge in [0.05, 0.1) is 12.7 Å². The number of alkyl halides is 3. The van der Waals surface area contributed by atoms with E-state index in [1.54, 1.807) is 12.1 Å². The number of ether oxygens (including phenoxy) is 1. The second kappa shape index (κ2) is 4.66. The van der Waals surface area contributed by atoms with Gasteiger partial charge in [-0.15, -0.1) is 0 Å². The molecule has 94 valence electrons. The minimum atomic E-state index is -4.59. The molecular weight excluding hydrogens is 233 g/mol. The maximum Gasteiger partial charge on any atom is 0.414 e. The van der Waals surface area contributed by atoms with Gasteiger partial charge in [0.15, 0.2) is 6.10 Å². The average molecular weight is 246 g/mol. The summed E-state index contributed by atoms with van der Waals surface area (Å²) in [6.07, 6.45) is -7.33. The van der Waals surface area contributed by atoms with E-state index in [0.29, 0.717) is 13.0 Å². The fourth-order valence-corrected chi connectivity index (χ4v) is 2.01. The first-order chi connectivity index (χ1) is 7.98. The van der Waals surface area contributed by atoms with Gasteiger partial charge in [0, 0.05) is 6.42 Å². The van der Waals surface area contributed by atoms with Crippen LogP contribution in [0, 0.1) is 0 Å². The van der Waals surface area contributed by atoms with Gasteiger partial charge in [0.1, 0.15) is 0 Å². The number of hydrogen-bond acceptors (Lipinski definition) is 2. The van der Waals surface area contributed by atoms with Crippen LogP contribution in [0.5, 0.6) is 0 Å². The average Bonchev–Trinajstić information content (AvgIpc) is 2.28. The Bertz CT molecular complexity index is 390. The second-order valence-corrected chi connectivity index (χ2v) is 4.10. The molecule has 5 heteroatoms. The Balaban J connectivity index is 2.14. The van der Waals surface area contributed by atoms with Gasteiger partial charge in [0.2, 0.25) is 0 Å². The molecule has 0 aliphatic carbocycles. The van der Waals surface area contributed by atoms with Gasteiger partial charge >= 0.3 is 6.18 Å². The highest BCUT2D eigenvalue weighted by Gasteiger charge is 2.40. The molecule has 1 heterocycles. The summed E-state index contributed by atoms with van der Waals surface area (Å²) in [4.78, 5) is 0. The highest BCUT2D eigenvalue weighted by atomic mass is 19.4. The molecule has 0 spiro atoms. The van der Waals surface area contributed by atoms with Crippen LogP contribution in [0.25, 0.3) is 0 Å². The summed E-state index contributed by atoms with van der Waals surface area (Å²) in [7, 11) is 0. The first-order valence-corrected chi connectivity index (χ1v) is 5.42. The minimum absolute atomic E-state index is 0.395. The van der Waals surface area contributed by atoms with Crippen molar-refractivity contribution in [1.29, 1.82) is 0 Å². The molecule has 0 bridgehead atoms. The molecule has 0 amide bonds. The molecule has 1 aromatic carbocycles. The number of halogens is 3. The molecule has 1 aromatic rings. The maximum absolute atomic E-state index is 12.3. The van der Waals surface area contributed by atoms with E-state index in [0.717, 1.165) is 11.1 Å². The van der Waals surface area contributed by atoms with Gasteiger partial charge in [0.25, 0.3) is 0 Å². The van der Waals surface area contributed by atoms with E-state index < -0.39 is 24.8 Å². The van der Waals surface area contributed by atoms with Gasteiger partial charge in [-0.25, -0.2) is 0 Å². The van der Waals surface area contributed by atoms with E-state index in [9.17, 15) is 13.2 Å². The molecule has 2 atom stereocenters. The Morgan fingerprint density at radius 1 is 1.35 bits per heavy atom. The van der Waals surface area contributed by atoms with Crippen LogP contribution in [0.3, 0.4) is 0 Å². The molecular formula is C12H13F3O2. The zero-order chi connectivity index (χ0) is 12.5. The lowest BCUT2D eigenvalue weighted by Gasteiger charge is -2.28. The number of aliphatic hydroxyl groups excluding tert-OH is 1. The molecule has 2 nitrogen and oxygen atoms in total. The third-order valence-electron chi connectivity index (χ3n) is 2.91. The molecule has 1 aliphatic rings. The molecule has 2 rings (SSSR count). The SMILES string of the molecule is O[C@H](CC1OCCc2ccccc21)C(F)(F)F. The highest BCUT2D eigenvalue weighted by molar-refractivity contribution is 5.30. The quantitative estimate of drug-likeness (QED) is 0.869. The molecule has 0 aromatic heterocycles. The van der Waals surface area contributed by atoms with E-state index in [1.165, 1.54) is 0 Å². The summed E-state index contributed by atoms with van der Waals surface area (Å²) in [5.74, 6) is 0. The standard InChI is InChI=1S/C12H13F3O2/c13-12(14,15)11(16)7-10-9-4-2-1-3-8(9)5-6-17-10/h1-4,10-11,16H,5-7H2/t10?,11-/m1/s1. The van der Waals surface area contributed by atoms with Gasteiger partial charge in [-0.1, -0.05) is 24.3 Å². The zero-order valence-corrected chi connectivity index (χ0v) is 9.07. The Kier molecular flexibility index (Phi) is 3.40. The molecule has 0 radical (unpaired) electrons. The highest BCUT2D eigenvalue weighted by Crippen LogP contribution is 2.34. The summed E-state index contributed by atoms with van der Waals surface area (Å²) in [6, 6.07) is 7.25. The number of hydrogen-bond donors (Lipinski definition) is 1. The lowest BCUT2D eigenvalue weighted by atomic mass is 9.94. The molecule has 1 N–H and O–H groups in total. The van der Waals surface area contributed by atoms with Gasteiger partial charge in [-0.05, 0) is 17.5 Å². The van der Waals surface area contributed by atoms with Crippen LogP contribution in [-0.4, -0.2) is 24.0 Å². The Morgan fingerprint density at radius 2 is 2.06 bits per heavy atom. The summed E-state index contributed by atoms with van der Waals surface area (Å²) in [6.45, 7) is 0.395. The topological polar surface area (TPSA) is 29.5 Å². The predicted molar refractivity (Wildman–Crippen MR) is 55.5 cm³/mol. The van der Waals surface area contributed by atoms with Crippen molar-refractivity contribution < 1.29 is 23.0 Å².